The predicted octanol–water partition coefficient (Wildman–Crippen LogP) is 6.61. The van der Waals surface area contributed by atoms with Gasteiger partial charge in [0.25, 0.3) is 5.91 Å². The summed E-state index contributed by atoms with van der Waals surface area (Å²) in [7, 11) is 3.34. The van der Waals surface area contributed by atoms with Gasteiger partial charge >= 0.3 is 0 Å². The van der Waals surface area contributed by atoms with Gasteiger partial charge in [-0.1, -0.05) is 24.3 Å². The van der Waals surface area contributed by atoms with Gasteiger partial charge in [-0.25, -0.2) is 0 Å². The number of nitrogens with zero attached hydrogens (tertiary/aromatic N) is 1. The number of hydrogen-bond donors (Lipinski definition) is 3. The number of hydrogen-bond acceptors (Lipinski definition) is 6. The minimum absolute atomic E-state index is 0.0604. The third-order valence-corrected chi connectivity index (χ3v) is 11.5. The first-order valence-electron chi connectivity index (χ1n) is 18.3. The lowest BCUT2D eigenvalue weighted by molar-refractivity contribution is -0.129. The molecule has 4 saturated carbocycles. The molecule has 0 aromatic heterocycles. The number of fused-ring (bicyclic) bond motifs is 1. The largest absolute Gasteiger partial charge is 0.493 e. The average molecular weight is 679 g/mol. The van der Waals surface area contributed by atoms with Gasteiger partial charge in [-0.2, -0.15) is 0 Å². The van der Waals surface area contributed by atoms with E-state index in [1.165, 1.54) is 55.2 Å². The summed E-state index contributed by atoms with van der Waals surface area (Å²) in [5.74, 6) is 3.49. The molecule has 4 fully saturated rings. The number of amides is 3. The standard InChI is InChI=1S/C41H50N4O5/c1-49-36-20-31-13-16-45(26-32(31)21-37(36)50-2)15-12-27-7-9-33(10-8-27)43-40(48)34-5-3-4-6-35(34)44-38(46)11-14-42-39(47)25-41-22-28-17-29(23-41)19-30(18-28)24-41/h3-10,20-21,28-30H,11-19,22-26H2,1-2H3,(H,42,47)(H,43,48)(H,44,46). The number of carbonyl (C=O) groups is 3. The monoisotopic (exact) mass is 678 g/mol. The van der Waals surface area contributed by atoms with E-state index in [0.717, 1.165) is 61.7 Å². The van der Waals surface area contributed by atoms with Crippen LogP contribution in [-0.2, 0) is 29.0 Å². The molecular formula is C41H50N4O5. The highest BCUT2D eigenvalue weighted by Gasteiger charge is 2.51. The molecule has 9 heteroatoms. The zero-order chi connectivity index (χ0) is 34.7. The Bertz CT molecular complexity index is 1690. The van der Waals surface area contributed by atoms with Gasteiger partial charge in [0, 0.05) is 44.7 Å². The van der Waals surface area contributed by atoms with Gasteiger partial charge < -0.3 is 25.4 Å². The molecule has 0 saturated heterocycles. The lowest BCUT2D eigenvalue weighted by Crippen LogP contribution is -2.48. The van der Waals surface area contributed by atoms with Gasteiger partial charge in [-0.15, -0.1) is 0 Å². The molecule has 0 spiro atoms. The van der Waals surface area contributed by atoms with Crippen LogP contribution >= 0.6 is 0 Å². The summed E-state index contributed by atoms with van der Waals surface area (Å²) in [5, 5.41) is 8.86. The number of benzene rings is 3. The van der Waals surface area contributed by atoms with Crippen LogP contribution in [0.3, 0.4) is 0 Å². The van der Waals surface area contributed by atoms with Crippen molar-refractivity contribution in [3.05, 3.63) is 82.9 Å². The van der Waals surface area contributed by atoms with Crippen LogP contribution in [0.25, 0.3) is 0 Å². The topological polar surface area (TPSA) is 109 Å². The van der Waals surface area contributed by atoms with Crippen molar-refractivity contribution in [3.8, 4) is 11.5 Å². The molecule has 4 aliphatic carbocycles. The molecule has 9 nitrogen and oxygen atoms in total. The Morgan fingerprint density at radius 3 is 2.16 bits per heavy atom. The van der Waals surface area contributed by atoms with Crippen molar-refractivity contribution in [2.24, 2.45) is 23.2 Å². The van der Waals surface area contributed by atoms with Crippen molar-refractivity contribution in [1.29, 1.82) is 0 Å². The fourth-order valence-corrected chi connectivity index (χ4v) is 9.60. The Balaban J connectivity index is 0.860. The molecule has 5 aliphatic rings. The molecule has 50 heavy (non-hydrogen) atoms. The quantitative estimate of drug-likeness (QED) is 0.188. The fourth-order valence-electron chi connectivity index (χ4n) is 9.60. The zero-order valence-electron chi connectivity index (χ0n) is 29.4. The first kappa shape index (κ1) is 34.1. The molecule has 264 valence electrons. The molecule has 3 N–H and O–H groups in total. The second-order valence-corrected chi connectivity index (χ2v) is 15.2. The summed E-state index contributed by atoms with van der Waals surface area (Å²) in [4.78, 5) is 41.5. The highest BCUT2D eigenvalue weighted by Crippen LogP contribution is 2.61. The van der Waals surface area contributed by atoms with Crippen molar-refractivity contribution < 1.29 is 23.9 Å². The summed E-state index contributed by atoms with van der Waals surface area (Å²) in [6.45, 7) is 3.07. The Morgan fingerprint density at radius 2 is 1.48 bits per heavy atom. The highest BCUT2D eigenvalue weighted by atomic mass is 16.5. The first-order valence-corrected chi connectivity index (χ1v) is 18.3. The number of ether oxygens (including phenoxy) is 2. The van der Waals surface area contributed by atoms with Gasteiger partial charge in [0.1, 0.15) is 0 Å². The fraction of sp³-hybridized carbons (Fsp3) is 0.488. The summed E-state index contributed by atoms with van der Waals surface area (Å²) in [5.41, 5.74) is 5.48. The molecule has 1 aliphatic heterocycles. The van der Waals surface area contributed by atoms with Crippen LogP contribution in [-0.4, -0.2) is 56.5 Å². The van der Waals surface area contributed by atoms with Crippen LogP contribution in [0, 0.1) is 23.2 Å². The van der Waals surface area contributed by atoms with Gasteiger partial charge in [0.15, 0.2) is 11.5 Å². The van der Waals surface area contributed by atoms with Gasteiger partial charge in [-0.3, -0.25) is 19.3 Å². The molecule has 0 atom stereocenters. The van der Waals surface area contributed by atoms with Crippen molar-refractivity contribution >= 4 is 29.1 Å². The SMILES string of the molecule is COc1cc2c(cc1OC)CN(CCc1ccc(NC(=O)c3ccccc3NC(=O)CCNC(=O)CC34CC5CC(CC(C5)C3)C4)cc1)CC2. The first-order chi connectivity index (χ1) is 24.3. The van der Waals surface area contributed by atoms with Crippen molar-refractivity contribution in [1.82, 2.24) is 10.2 Å². The van der Waals surface area contributed by atoms with E-state index in [2.05, 4.69) is 33.0 Å². The van der Waals surface area contributed by atoms with Crippen LogP contribution in [0.4, 0.5) is 11.4 Å². The maximum absolute atomic E-state index is 13.3. The molecule has 3 aromatic rings. The van der Waals surface area contributed by atoms with Gasteiger partial charge in [0.05, 0.1) is 25.5 Å². The normalized spacial score (nSPS) is 23.5. The van der Waals surface area contributed by atoms with E-state index >= 15 is 0 Å². The number of anilines is 2. The highest BCUT2D eigenvalue weighted by molar-refractivity contribution is 6.10. The summed E-state index contributed by atoms with van der Waals surface area (Å²) >= 11 is 0. The maximum atomic E-state index is 13.3. The molecule has 3 amide bonds. The number of carbonyl (C=O) groups excluding carboxylic acids is 3. The number of nitrogens with one attached hydrogen (secondary N) is 3. The van der Waals surface area contributed by atoms with Crippen LogP contribution < -0.4 is 25.4 Å². The Labute approximate surface area is 295 Å². The Hall–Kier alpha value is -4.37. The third kappa shape index (κ3) is 7.83. The van der Waals surface area contributed by atoms with Crippen molar-refractivity contribution in [2.75, 3.05) is 44.5 Å². The summed E-state index contributed by atoms with van der Waals surface area (Å²) in [6.07, 6.45) is 10.3. The molecule has 0 radical (unpaired) electrons. The van der Waals surface area contributed by atoms with E-state index in [0.29, 0.717) is 23.4 Å². The van der Waals surface area contributed by atoms with Crippen LogP contribution in [0.15, 0.2) is 60.7 Å². The van der Waals surface area contributed by atoms with E-state index in [1.54, 1.807) is 38.5 Å². The molecule has 4 bridgehead atoms. The molecule has 8 rings (SSSR count). The molecule has 1 heterocycles. The van der Waals surface area contributed by atoms with Gasteiger partial charge in [0.2, 0.25) is 11.8 Å². The Morgan fingerprint density at radius 1 is 0.820 bits per heavy atom. The molecule has 3 aromatic carbocycles. The molecular weight excluding hydrogens is 628 g/mol. The Kier molecular flexibility index (Phi) is 10.1. The van der Waals surface area contributed by atoms with Crippen molar-refractivity contribution in [3.63, 3.8) is 0 Å². The van der Waals surface area contributed by atoms with Crippen molar-refractivity contribution in [2.45, 2.75) is 70.8 Å². The smallest absolute Gasteiger partial charge is 0.257 e. The third-order valence-electron chi connectivity index (χ3n) is 11.5. The summed E-state index contributed by atoms with van der Waals surface area (Å²) in [6, 6.07) is 19.1. The number of methoxy groups -OCH3 is 2. The average Bonchev–Trinajstić information content (AvgIpc) is 3.10. The number of para-hydroxylation sites is 1. The lowest BCUT2D eigenvalue weighted by Gasteiger charge is -2.56. The second kappa shape index (κ2) is 14.9. The lowest BCUT2D eigenvalue weighted by atomic mass is 9.49. The number of rotatable bonds is 13. The zero-order valence-corrected chi connectivity index (χ0v) is 29.4. The second-order valence-electron chi connectivity index (χ2n) is 15.2. The van der Waals surface area contributed by atoms with Crippen LogP contribution in [0.2, 0.25) is 0 Å². The minimum atomic E-state index is -0.295. The van der Waals surface area contributed by atoms with Crippen LogP contribution in [0.1, 0.15) is 78.4 Å². The maximum Gasteiger partial charge on any atom is 0.257 e. The van der Waals surface area contributed by atoms with E-state index in [-0.39, 0.29) is 36.1 Å². The minimum Gasteiger partial charge on any atom is -0.493 e. The summed E-state index contributed by atoms with van der Waals surface area (Å²) < 4.78 is 11.0. The van der Waals surface area contributed by atoms with E-state index in [9.17, 15) is 14.4 Å². The van der Waals surface area contributed by atoms with E-state index < -0.39 is 0 Å². The van der Waals surface area contributed by atoms with Gasteiger partial charge in [-0.05, 0) is 128 Å². The molecule has 0 unspecified atom stereocenters. The predicted molar refractivity (Wildman–Crippen MR) is 195 cm³/mol. The van der Waals surface area contributed by atoms with E-state index in [1.807, 2.05) is 24.3 Å². The van der Waals surface area contributed by atoms with Crippen LogP contribution in [0.5, 0.6) is 11.5 Å². The van der Waals surface area contributed by atoms with E-state index in [4.69, 9.17) is 9.47 Å².